The van der Waals surface area contributed by atoms with E-state index in [1.165, 1.54) is 11.5 Å². The molecule has 1 amide bonds. The van der Waals surface area contributed by atoms with Crippen molar-refractivity contribution in [3.05, 3.63) is 35.7 Å². The monoisotopic (exact) mass is 430 g/mol. The van der Waals surface area contributed by atoms with E-state index in [0.29, 0.717) is 12.3 Å². The first-order chi connectivity index (χ1) is 14.6. The molecule has 1 aliphatic rings. The zero-order valence-electron chi connectivity index (χ0n) is 18.5. The maximum absolute atomic E-state index is 13.0. The molecule has 30 heavy (non-hydrogen) atoms. The molecule has 0 radical (unpaired) electrons. The Morgan fingerprint density at radius 2 is 2.10 bits per heavy atom. The largest absolute Gasteiger partial charge is 0.497 e. The minimum absolute atomic E-state index is 0.174. The predicted octanol–water partition coefficient (Wildman–Crippen LogP) is 4.39. The SMILES string of the molecule is CCCC[C@H](CC)C(=O)N1CCCN(c2nc(Cc3cccc(OC)c3)ns2)CC1. The van der Waals surface area contributed by atoms with Gasteiger partial charge in [-0.15, -0.1) is 0 Å². The second-order valence-electron chi connectivity index (χ2n) is 7.93. The minimum Gasteiger partial charge on any atom is -0.497 e. The summed E-state index contributed by atoms with van der Waals surface area (Å²) >= 11 is 1.46. The molecule has 1 atom stereocenters. The van der Waals surface area contributed by atoms with Gasteiger partial charge >= 0.3 is 0 Å². The molecule has 1 aliphatic heterocycles. The van der Waals surface area contributed by atoms with Crippen LogP contribution in [0, 0.1) is 5.92 Å². The molecule has 164 valence electrons. The van der Waals surface area contributed by atoms with E-state index in [0.717, 1.165) is 80.6 Å². The number of hydrogen-bond acceptors (Lipinski definition) is 6. The van der Waals surface area contributed by atoms with Crippen molar-refractivity contribution >= 4 is 22.6 Å². The summed E-state index contributed by atoms with van der Waals surface area (Å²) in [5.74, 6) is 2.20. The van der Waals surface area contributed by atoms with Crippen LogP contribution in [0.1, 0.15) is 57.3 Å². The minimum atomic E-state index is 0.174. The standard InChI is InChI=1S/C23H34N4O2S/c1-4-6-10-19(5-2)22(28)26-12-8-13-27(15-14-26)23-24-21(25-30-23)17-18-9-7-11-20(16-18)29-3/h7,9,11,16,19H,4-6,8,10,12-15,17H2,1-3H3/t19-/m0/s1. The zero-order chi connectivity index (χ0) is 21.3. The van der Waals surface area contributed by atoms with Gasteiger partial charge < -0.3 is 14.5 Å². The number of carbonyl (C=O) groups is 1. The van der Waals surface area contributed by atoms with Gasteiger partial charge in [0, 0.05) is 50.1 Å². The third-order valence-electron chi connectivity index (χ3n) is 5.78. The maximum Gasteiger partial charge on any atom is 0.225 e. The fraction of sp³-hybridized carbons (Fsp3) is 0.609. The van der Waals surface area contributed by atoms with Crippen LogP contribution in [0.15, 0.2) is 24.3 Å². The highest BCUT2D eigenvalue weighted by Gasteiger charge is 2.25. The Morgan fingerprint density at radius 1 is 1.23 bits per heavy atom. The van der Waals surface area contributed by atoms with Crippen molar-refractivity contribution < 1.29 is 9.53 Å². The molecule has 0 saturated carbocycles. The maximum atomic E-state index is 13.0. The number of methoxy groups -OCH3 is 1. The average Bonchev–Trinajstić information content (AvgIpc) is 3.08. The smallest absolute Gasteiger partial charge is 0.225 e. The summed E-state index contributed by atoms with van der Waals surface area (Å²) in [6.07, 6.45) is 5.89. The summed E-state index contributed by atoms with van der Waals surface area (Å²) in [6.45, 7) is 7.67. The molecule has 6 nitrogen and oxygen atoms in total. The van der Waals surface area contributed by atoms with Gasteiger partial charge in [0.15, 0.2) is 0 Å². The number of nitrogens with zero attached hydrogens (tertiary/aromatic N) is 4. The first-order valence-electron chi connectivity index (χ1n) is 11.1. The van der Waals surface area contributed by atoms with Gasteiger partial charge in [-0.1, -0.05) is 38.8 Å². The Kier molecular flexibility index (Phi) is 8.49. The molecule has 3 rings (SSSR count). The molecular formula is C23H34N4O2S. The molecule has 2 aromatic rings. The lowest BCUT2D eigenvalue weighted by Crippen LogP contribution is -2.39. The highest BCUT2D eigenvalue weighted by molar-refractivity contribution is 7.09. The number of hydrogen-bond donors (Lipinski definition) is 0. The van der Waals surface area contributed by atoms with Crippen molar-refractivity contribution in [2.75, 3.05) is 38.2 Å². The Bertz CT molecular complexity index is 810. The Morgan fingerprint density at radius 3 is 2.87 bits per heavy atom. The number of anilines is 1. The van der Waals surface area contributed by atoms with Crippen LogP contribution in [0.3, 0.4) is 0 Å². The van der Waals surface area contributed by atoms with E-state index in [-0.39, 0.29) is 5.92 Å². The van der Waals surface area contributed by atoms with Gasteiger partial charge in [-0.3, -0.25) is 4.79 Å². The number of aromatic nitrogens is 2. The van der Waals surface area contributed by atoms with Gasteiger partial charge in [0.1, 0.15) is 11.6 Å². The molecule has 0 bridgehead atoms. The van der Waals surface area contributed by atoms with Crippen LogP contribution in [0.2, 0.25) is 0 Å². The van der Waals surface area contributed by atoms with Crippen LogP contribution in [-0.2, 0) is 11.2 Å². The number of carbonyl (C=O) groups excluding carboxylic acids is 1. The average molecular weight is 431 g/mol. The zero-order valence-corrected chi connectivity index (χ0v) is 19.3. The van der Waals surface area contributed by atoms with Gasteiger partial charge in [0.05, 0.1) is 7.11 Å². The Balaban J connectivity index is 1.58. The van der Waals surface area contributed by atoms with Crippen LogP contribution in [0.25, 0.3) is 0 Å². The molecule has 1 fully saturated rings. The predicted molar refractivity (Wildman–Crippen MR) is 122 cm³/mol. The first-order valence-corrected chi connectivity index (χ1v) is 11.9. The van der Waals surface area contributed by atoms with E-state index in [4.69, 9.17) is 9.72 Å². The fourth-order valence-corrected chi connectivity index (χ4v) is 4.69. The molecule has 1 saturated heterocycles. The van der Waals surface area contributed by atoms with Gasteiger partial charge in [0.25, 0.3) is 0 Å². The number of ether oxygens (including phenoxy) is 1. The van der Waals surface area contributed by atoms with Crippen LogP contribution >= 0.6 is 11.5 Å². The Hall–Kier alpha value is -2.15. The lowest BCUT2D eigenvalue weighted by atomic mass is 9.97. The quantitative estimate of drug-likeness (QED) is 0.590. The van der Waals surface area contributed by atoms with Crippen molar-refractivity contribution in [2.45, 2.75) is 52.4 Å². The highest BCUT2D eigenvalue weighted by Crippen LogP contribution is 2.23. The second kappa shape index (κ2) is 11.3. The molecule has 0 N–H and O–H groups in total. The van der Waals surface area contributed by atoms with Crippen LogP contribution in [0.5, 0.6) is 5.75 Å². The highest BCUT2D eigenvalue weighted by atomic mass is 32.1. The number of rotatable bonds is 9. The van der Waals surface area contributed by atoms with Crippen molar-refractivity contribution in [3.63, 3.8) is 0 Å². The van der Waals surface area contributed by atoms with E-state index in [1.807, 2.05) is 18.2 Å². The summed E-state index contributed by atoms with van der Waals surface area (Å²) < 4.78 is 9.87. The van der Waals surface area contributed by atoms with Gasteiger partial charge in [-0.25, -0.2) is 4.98 Å². The summed E-state index contributed by atoms with van der Waals surface area (Å²) in [6, 6.07) is 8.03. The second-order valence-corrected chi connectivity index (χ2v) is 8.67. The van der Waals surface area contributed by atoms with Crippen LogP contribution < -0.4 is 9.64 Å². The van der Waals surface area contributed by atoms with E-state index >= 15 is 0 Å². The topological polar surface area (TPSA) is 58.6 Å². The number of unbranched alkanes of at least 4 members (excludes halogenated alkanes) is 1. The lowest BCUT2D eigenvalue weighted by Gasteiger charge is -2.25. The molecule has 1 aromatic carbocycles. The fourth-order valence-electron chi connectivity index (χ4n) is 3.95. The summed E-state index contributed by atoms with van der Waals surface area (Å²) in [7, 11) is 1.68. The van der Waals surface area contributed by atoms with Crippen molar-refractivity contribution in [1.82, 2.24) is 14.3 Å². The van der Waals surface area contributed by atoms with Gasteiger partial charge in [-0.2, -0.15) is 4.37 Å². The van der Waals surface area contributed by atoms with Gasteiger partial charge in [0.2, 0.25) is 11.0 Å². The van der Waals surface area contributed by atoms with Crippen molar-refractivity contribution in [3.8, 4) is 5.75 Å². The first kappa shape index (κ1) is 22.5. The summed E-state index contributed by atoms with van der Waals surface area (Å²) in [5, 5.41) is 0.959. The van der Waals surface area contributed by atoms with Crippen molar-refractivity contribution in [2.24, 2.45) is 5.92 Å². The van der Waals surface area contributed by atoms with E-state index in [2.05, 4.69) is 34.1 Å². The Labute approximate surface area is 184 Å². The molecular weight excluding hydrogens is 396 g/mol. The molecule has 7 heteroatoms. The van der Waals surface area contributed by atoms with E-state index < -0.39 is 0 Å². The molecule has 0 spiro atoms. The summed E-state index contributed by atoms with van der Waals surface area (Å²) in [4.78, 5) is 22.1. The molecule has 0 unspecified atom stereocenters. The third-order valence-corrected chi connectivity index (χ3v) is 6.59. The van der Waals surface area contributed by atoms with Crippen molar-refractivity contribution in [1.29, 1.82) is 0 Å². The van der Waals surface area contributed by atoms with E-state index in [1.54, 1.807) is 7.11 Å². The third kappa shape index (κ3) is 5.94. The number of amides is 1. The normalized spacial score (nSPS) is 15.7. The van der Waals surface area contributed by atoms with E-state index in [9.17, 15) is 4.79 Å². The van der Waals surface area contributed by atoms with Gasteiger partial charge in [-0.05, 0) is 37.0 Å². The molecule has 0 aliphatic carbocycles. The molecule has 2 heterocycles. The van der Waals surface area contributed by atoms with Crippen LogP contribution in [0.4, 0.5) is 5.13 Å². The van der Waals surface area contributed by atoms with Crippen LogP contribution in [-0.4, -0.2) is 53.5 Å². The summed E-state index contributed by atoms with van der Waals surface area (Å²) in [5.41, 5.74) is 1.14. The lowest BCUT2D eigenvalue weighted by molar-refractivity contribution is -0.135. The number of benzene rings is 1. The molecule has 1 aromatic heterocycles.